The van der Waals surface area contributed by atoms with Crippen LogP contribution in [-0.4, -0.2) is 50.2 Å². The van der Waals surface area contributed by atoms with E-state index in [2.05, 4.69) is 57.1 Å². The van der Waals surface area contributed by atoms with E-state index in [1.165, 1.54) is 5.56 Å². The Morgan fingerprint density at radius 1 is 1.24 bits per heavy atom. The molecule has 33 heavy (non-hydrogen) atoms. The molecule has 0 radical (unpaired) electrons. The zero-order valence-corrected chi connectivity index (χ0v) is 19.7. The normalized spacial score (nSPS) is 25.9. The number of aromatic nitrogens is 2. The van der Waals surface area contributed by atoms with Crippen molar-refractivity contribution in [3.63, 3.8) is 0 Å². The Labute approximate surface area is 196 Å². The Morgan fingerprint density at radius 2 is 2.03 bits per heavy atom. The van der Waals surface area contributed by atoms with Crippen LogP contribution in [0.15, 0.2) is 53.0 Å². The Morgan fingerprint density at radius 3 is 2.79 bits per heavy atom. The Hall–Kier alpha value is -3.17. The van der Waals surface area contributed by atoms with Crippen LogP contribution in [0.1, 0.15) is 37.6 Å². The number of carbonyl (C=O) groups is 1. The molecule has 170 valence electrons. The molecule has 1 saturated carbocycles. The lowest BCUT2D eigenvalue weighted by atomic mass is 10.0. The quantitative estimate of drug-likeness (QED) is 0.550. The zero-order valence-electron chi connectivity index (χ0n) is 18.9. The minimum Gasteiger partial charge on any atom is -0.351 e. The van der Waals surface area contributed by atoms with Gasteiger partial charge in [-0.1, -0.05) is 30.3 Å². The number of anilines is 1. The molecule has 2 aliphatic heterocycles. The molecule has 9 heteroatoms. The number of amides is 2. The van der Waals surface area contributed by atoms with Gasteiger partial charge >= 0.3 is 6.03 Å². The predicted octanol–water partition coefficient (Wildman–Crippen LogP) is 3.54. The van der Waals surface area contributed by atoms with Crippen molar-refractivity contribution in [2.24, 2.45) is 5.73 Å². The number of benzene rings is 1. The summed E-state index contributed by atoms with van der Waals surface area (Å²) < 4.78 is 0. The first-order chi connectivity index (χ1) is 15.8. The highest BCUT2D eigenvalue weighted by atomic mass is 32.1. The summed E-state index contributed by atoms with van der Waals surface area (Å²) in [5.41, 5.74) is 12.4. The zero-order chi connectivity index (χ0) is 22.9. The molecule has 4 heterocycles. The van der Waals surface area contributed by atoms with Crippen molar-refractivity contribution in [1.82, 2.24) is 25.3 Å². The molecule has 3 aliphatic rings. The summed E-state index contributed by atoms with van der Waals surface area (Å²) in [6.07, 6.45) is 0.937. The van der Waals surface area contributed by atoms with Gasteiger partial charge < -0.3 is 21.4 Å². The topological polar surface area (TPSA) is 99.4 Å². The minimum absolute atomic E-state index is 0.139. The molecular weight excluding hydrogens is 434 g/mol. The van der Waals surface area contributed by atoms with E-state index < -0.39 is 11.6 Å². The fraction of sp³-hybridized carbons (Fsp3) is 0.375. The second kappa shape index (κ2) is 7.16. The average Bonchev–Trinajstić information content (AvgIpc) is 3.14. The number of thiophene rings is 1. The van der Waals surface area contributed by atoms with Crippen LogP contribution >= 0.6 is 11.3 Å². The lowest BCUT2D eigenvalue weighted by Gasteiger charge is -2.37. The molecule has 1 aliphatic carbocycles. The molecule has 2 amide bonds. The monoisotopic (exact) mass is 461 g/mol. The summed E-state index contributed by atoms with van der Waals surface area (Å²) in [6.45, 7) is 6.49. The van der Waals surface area contributed by atoms with Crippen LogP contribution in [0.5, 0.6) is 0 Å². The van der Waals surface area contributed by atoms with Crippen LogP contribution in [0, 0.1) is 6.92 Å². The summed E-state index contributed by atoms with van der Waals surface area (Å²) in [5, 5.41) is 9.08. The maximum absolute atomic E-state index is 12.2. The lowest BCUT2D eigenvalue weighted by molar-refractivity contribution is 0.134. The first kappa shape index (κ1) is 20.4. The van der Waals surface area contributed by atoms with E-state index in [1.807, 2.05) is 26.2 Å². The number of hydrogen-bond donors (Lipinski definition) is 3. The van der Waals surface area contributed by atoms with E-state index in [-0.39, 0.29) is 6.17 Å². The van der Waals surface area contributed by atoms with Crippen molar-refractivity contribution in [3.8, 4) is 0 Å². The van der Waals surface area contributed by atoms with E-state index in [9.17, 15) is 4.79 Å². The molecule has 1 aromatic carbocycles. The van der Waals surface area contributed by atoms with Crippen molar-refractivity contribution < 1.29 is 4.79 Å². The highest BCUT2D eigenvalue weighted by molar-refractivity contribution is 7.16. The van der Waals surface area contributed by atoms with Crippen LogP contribution in [-0.2, 0) is 0 Å². The van der Waals surface area contributed by atoms with Gasteiger partial charge in [0.05, 0.1) is 16.6 Å². The van der Waals surface area contributed by atoms with Gasteiger partial charge in [-0.3, -0.25) is 0 Å². The number of nitrogens with zero attached hydrogens (tertiary/aromatic N) is 4. The van der Waals surface area contributed by atoms with Gasteiger partial charge in [-0.25, -0.2) is 14.8 Å². The summed E-state index contributed by atoms with van der Waals surface area (Å²) in [4.78, 5) is 24.2. The number of primary amides is 1. The van der Waals surface area contributed by atoms with Crippen molar-refractivity contribution in [3.05, 3.63) is 64.4 Å². The smallest absolute Gasteiger partial charge is 0.315 e. The van der Waals surface area contributed by atoms with Crippen molar-refractivity contribution >= 4 is 33.4 Å². The predicted molar refractivity (Wildman–Crippen MR) is 130 cm³/mol. The highest BCUT2D eigenvalue weighted by Gasteiger charge is 2.55. The summed E-state index contributed by atoms with van der Waals surface area (Å²) >= 11 is 1.61. The Kier molecular flexibility index (Phi) is 4.44. The molecule has 2 aromatic heterocycles. The number of carbonyl (C=O) groups excluding carboxylic acids is 1. The van der Waals surface area contributed by atoms with E-state index in [0.717, 1.165) is 39.5 Å². The Balaban J connectivity index is 1.37. The van der Waals surface area contributed by atoms with E-state index in [1.54, 1.807) is 16.2 Å². The molecular formula is C24H27N7OS. The molecule has 1 unspecified atom stereocenters. The third-order valence-corrected chi connectivity index (χ3v) is 7.91. The van der Waals surface area contributed by atoms with Crippen LogP contribution in [0.4, 0.5) is 10.6 Å². The molecule has 0 saturated heterocycles. The second-order valence-electron chi connectivity index (χ2n) is 9.53. The SMILES string of the molecule is Cc1nc(NC2C3=C(NN2[C@H]2C[C@@H]2c2ccccc2)C(C)(C)N(C(N)=O)C3)c2ccsc2n1. The van der Waals surface area contributed by atoms with Crippen LogP contribution in [0.3, 0.4) is 0 Å². The Bertz CT molecular complexity index is 1280. The number of fused-ring (bicyclic) bond motifs is 1. The molecule has 3 atom stereocenters. The van der Waals surface area contributed by atoms with Gasteiger partial charge in [0.1, 0.15) is 22.6 Å². The maximum Gasteiger partial charge on any atom is 0.315 e. The van der Waals surface area contributed by atoms with Gasteiger partial charge in [0, 0.05) is 24.1 Å². The number of rotatable bonds is 4. The molecule has 8 nitrogen and oxygen atoms in total. The molecule has 3 aromatic rings. The third-order valence-electron chi connectivity index (χ3n) is 7.10. The van der Waals surface area contributed by atoms with Crippen molar-refractivity contribution in [2.75, 3.05) is 11.9 Å². The number of hydrogen-bond acceptors (Lipinski definition) is 7. The van der Waals surface area contributed by atoms with E-state index in [4.69, 9.17) is 10.7 Å². The molecule has 6 rings (SSSR count). The van der Waals surface area contributed by atoms with Gasteiger partial charge in [0.25, 0.3) is 0 Å². The van der Waals surface area contributed by atoms with Gasteiger partial charge in [-0.15, -0.1) is 11.3 Å². The van der Waals surface area contributed by atoms with Crippen molar-refractivity contribution in [2.45, 2.75) is 50.9 Å². The van der Waals surface area contributed by atoms with Gasteiger partial charge in [0.2, 0.25) is 0 Å². The second-order valence-corrected chi connectivity index (χ2v) is 10.4. The summed E-state index contributed by atoms with van der Waals surface area (Å²) in [7, 11) is 0. The van der Waals surface area contributed by atoms with E-state index in [0.29, 0.717) is 18.5 Å². The lowest BCUT2D eigenvalue weighted by Crippen LogP contribution is -2.55. The first-order valence-corrected chi connectivity index (χ1v) is 12.1. The maximum atomic E-state index is 12.2. The number of nitrogens with two attached hydrogens (primary N) is 1. The van der Waals surface area contributed by atoms with Crippen LogP contribution in [0.2, 0.25) is 0 Å². The number of hydrazine groups is 1. The molecule has 0 bridgehead atoms. The fourth-order valence-electron chi connectivity index (χ4n) is 5.30. The summed E-state index contributed by atoms with van der Waals surface area (Å²) in [5.74, 6) is 2.02. The van der Waals surface area contributed by atoms with Gasteiger partial charge in [-0.2, -0.15) is 5.01 Å². The van der Waals surface area contributed by atoms with Crippen LogP contribution < -0.4 is 16.5 Å². The molecule has 4 N–H and O–H groups in total. The number of urea groups is 1. The number of aryl methyl sites for hydroxylation is 1. The third kappa shape index (κ3) is 3.18. The van der Waals surface area contributed by atoms with Gasteiger partial charge in [0.15, 0.2) is 0 Å². The standard InChI is InChI=1S/C24H27N7OS/c1-13-26-20(15-9-10-33-22(15)27-13)28-21-17-12-30(23(25)32)24(2,3)19(17)29-31(21)18-11-16(18)14-7-5-4-6-8-14/h4-10,16,18,21,29H,11-12H2,1-3H3,(H2,25,32)(H,26,27,28)/t16-,18+,21?/m1/s1. The largest absolute Gasteiger partial charge is 0.351 e. The minimum atomic E-state index is -0.508. The van der Waals surface area contributed by atoms with Crippen LogP contribution in [0.25, 0.3) is 10.2 Å². The number of nitrogens with one attached hydrogen (secondary N) is 2. The highest BCUT2D eigenvalue weighted by Crippen LogP contribution is 2.49. The molecule has 0 spiro atoms. The average molecular weight is 462 g/mol. The first-order valence-electron chi connectivity index (χ1n) is 11.2. The fourth-order valence-corrected chi connectivity index (χ4v) is 6.11. The summed E-state index contributed by atoms with van der Waals surface area (Å²) in [6, 6.07) is 12.6. The van der Waals surface area contributed by atoms with E-state index >= 15 is 0 Å². The molecule has 1 fully saturated rings. The van der Waals surface area contributed by atoms with Crippen molar-refractivity contribution in [1.29, 1.82) is 0 Å². The van der Waals surface area contributed by atoms with Gasteiger partial charge in [-0.05, 0) is 44.2 Å².